The van der Waals surface area contributed by atoms with Gasteiger partial charge in [0.1, 0.15) is 22.8 Å². The van der Waals surface area contributed by atoms with Crippen molar-refractivity contribution in [2.24, 2.45) is 0 Å². The number of aromatic amines is 2. The highest BCUT2D eigenvalue weighted by Gasteiger charge is 2.46. The third-order valence-electron chi connectivity index (χ3n) is 17.5. The van der Waals surface area contributed by atoms with Gasteiger partial charge in [0.25, 0.3) is 11.8 Å². The molecule has 4 aliphatic rings. The van der Waals surface area contributed by atoms with Crippen molar-refractivity contribution in [3.05, 3.63) is 142 Å². The number of hydrogen-bond acceptors (Lipinski definition) is 16. The van der Waals surface area contributed by atoms with Gasteiger partial charge in [-0.2, -0.15) is 47.4 Å². The van der Waals surface area contributed by atoms with Crippen LogP contribution in [0.15, 0.2) is 85.7 Å². The number of anilines is 6. The smallest absolute Gasteiger partial charge is 0.252 e. The number of nitrogens with one attached hydrogen (secondary N) is 6. The molecular weight excluding hydrogens is 1160 g/mol. The van der Waals surface area contributed by atoms with Crippen LogP contribution in [0.2, 0.25) is 0 Å². The summed E-state index contributed by atoms with van der Waals surface area (Å²) >= 11 is 0. The number of halogens is 2. The van der Waals surface area contributed by atoms with Gasteiger partial charge in [0.15, 0.2) is 34.9 Å². The Labute approximate surface area is 525 Å². The van der Waals surface area contributed by atoms with Gasteiger partial charge >= 0.3 is 0 Å². The second kappa shape index (κ2) is 27.6. The fraction of sp³-hybridized carbons (Fsp3) is 0.452. The summed E-state index contributed by atoms with van der Waals surface area (Å²) in [5.74, 6) is 3.36. The maximum Gasteiger partial charge on any atom is 0.252 e. The SMILES string of the molecule is COC1(C(=O)N[C@@H](C)c2ccc(-n3cc(F)cn3)nc2)CCC(c2nc(Nc3cc(C)[nH]n3)cc3c2N(C)CCC3)CC1.COC1(C(=O)N[C@@H](C)c2ccc(-n3cc(F)cn3)nc2)CCC(c2nc(Nc3cc(C)[nH]n3)cc3c2N(C)CCC3)CC1.S.S. The number of hydrogen-bond donors (Lipinski definition) is 6. The van der Waals surface area contributed by atoms with Crippen LogP contribution < -0.4 is 31.1 Å². The van der Waals surface area contributed by atoms with E-state index in [9.17, 15) is 18.4 Å². The van der Waals surface area contributed by atoms with Gasteiger partial charge in [-0.15, -0.1) is 0 Å². The molecule has 0 bridgehead atoms. The number of rotatable bonds is 16. The molecule has 8 aromatic heterocycles. The van der Waals surface area contributed by atoms with Gasteiger partial charge in [-0.05, 0) is 151 Å². The van der Waals surface area contributed by atoms with Crippen LogP contribution >= 0.6 is 27.0 Å². The van der Waals surface area contributed by atoms with Crippen molar-refractivity contribution in [1.29, 1.82) is 0 Å². The van der Waals surface area contributed by atoms with Gasteiger partial charge < -0.3 is 40.5 Å². The molecule has 2 aliphatic heterocycles. The Kier molecular flexibility index (Phi) is 20.3. The minimum atomic E-state index is -0.918. The number of carbonyl (C=O) groups is 2. The Hall–Kier alpha value is -7.94. The van der Waals surface area contributed by atoms with Gasteiger partial charge in [-0.3, -0.25) is 19.8 Å². The van der Waals surface area contributed by atoms with E-state index in [1.807, 2.05) is 52.0 Å². The molecular formula is C62H80F2N18O4S2. The summed E-state index contributed by atoms with van der Waals surface area (Å²) in [6, 6.07) is 14.9. The standard InChI is InChI=1S/2C31H38FN9O2.2H2S/c2*1-19-14-26(39-38-19)36-25-15-22-6-5-13-40(3)29(22)28(37-25)21-9-11-31(43-4,12-10-21)30(42)35-20(2)23-7-8-27(33-16-23)41-18-24(32)17-34-41;;/h2*7-8,14-18,20-21H,5-6,9-13H2,1-4H3,(H,35,42)(H2,36,37,38,39);2*1H2/t2*20-,21?,31?;;/m00../s1. The number of aromatic nitrogens is 12. The Bertz CT molecular complexity index is 3430. The van der Waals surface area contributed by atoms with Crippen molar-refractivity contribution in [2.75, 3.05) is 61.8 Å². The maximum atomic E-state index is 13.7. The van der Waals surface area contributed by atoms with Crippen molar-refractivity contribution >= 4 is 73.5 Å². The number of ether oxygens (including phenoxy) is 2. The minimum absolute atomic E-state index is 0. The number of aryl methyl sites for hydroxylation is 4. The molecule has 0 unspecified atom stereocenters. The molecule has 88 heavy (non-hydrogen) atoms. The Morgan fingerprint density at radius 3 is 1.32 bits per heavy atom. The van der Waals surface area contributed by atoms with Crippen LogP contribution in [0, 0.1) is 25.5 Å². The van der Waals surface area contributed by atoms with Crippen LogP contribution in [0.5, 0.6) is 0 Å². The van der Waals surface area contributed by atoms with Crippen LogP contribution in [0.1, 0.15) is 147 Å². The van der Waals surface area contributed by atoms with Gasteiger partial charge in [0, 0.05) is 89.2 Å². The van der Waals surface area contributed by atoms with E-state index >= 15 is 0 Å². The Morgan fingerprint density at radius 2 is 1.00 bits per heavy atom. The molecule has 2 fully saturated rings. The summed E-state index contributed by atoms with van der Waals surface area (Å²) in [6.45, 7) is 9.77. The first-order valence-electron chi connectivity index (χ1n) is 29.6. The first-order valence-corrected chi connectivity index (χ1v) is 29.6. The summed E-state index contributed by atoms with van der Waals surface area (Å²) in [4.78, 5) is 51.0. The molecule has 2 atom stereocenters. The molecule has 2 aliphatic carbocycles. The second-order valence-corrected chi connectivity index (χ2v) is 23.4. The molecule has 8 aromatic rings. The number of amides is 2. The number of nitrogens with zero attached hydrogens (tertiary/aromatic N) is 12. The first kappa shape index (κ1) is 64.5. The fourth-order valence-electron chi connectivity index (χ4n) is 12.7. The highest BCUT2D eigenvalue weighted by molar-refractivity contribution is 7.59. The molecule has 0 radical (unpaired) electrons. The van der Waals surface area contributed by atoms with Crippen LogP contribution in [-0.4, -0.2) is 124 Å². The third kappa shape index (κ3) is 14.0. The van der Waals surface area contributed by atoms with Crippen molar-refractivity contribution in [2.45, 2.75) is 140 Å². The molecule has 0 aromatic carbocycles. The zero-order valence-corrected chi connectivity index (χ0v) is 53.0. The van der Waals surface area contributed by atoms with Crippen molar-refractivity contribution in [3.8, 4) is 11.6 Å². The quantitative estimate of drug-likeness (QED) is 0.0526. The lowest BCUT2D eigenvalue weighted by Gasteiger charge is -2.40. The molecule has 22 nitrogen and oxygen atoms in total. The number of H-pyrrole nitrogens is 2. The lowest BCUT2D eigenvalue weighted by molar-refractivity contribution is -0.149. The molecule has 2 amide bonds. The molecule has 468 valence electrons. The van der Waals surface area contributed by atoms with Gasteiger partial charge in [0.05, 0.1) is 59.6 Å². The van der Waals surface area contributed by atoms with E-state index in [4.69, 9.17) is 19.4 Å². The van der Waals surface area contributed by atoms with Crippen molar-refractivity contribution < 1.29 is 27.8 Å². The molecule has 2 saturated carbocycles. The van der Waals surface area contributed by atoms with Crippen molar-refractivity contribution in [3.63, 3.8) is 0 Å². The molecule has 12 rings (SSSR count). The first-order chi connectivity index (χ1) is 41.5. The number of carbonyl (C=O) groups excluding carboxylic acids is 2. The lowest BCUT2D eigenvalue weighted by atomic mass is 9.75. The van der Waals surface area contributed by atoms with E-state index in [0.29, 0.717) is 37.3 Å². The number of methoxy groups -OCH3 is 2. The largest absolute Gasteiger partial charge is 0.373 e. The molecule has 0 saturated heterocycles. The Balaban J connectivity index is 0.000000205. The molecule has 10 heterocycles. The zero-order valence-electron chi connectivity index (χ0n) is 51.0. The Morgan fingerprint density at radius 1 is 0.602 bits per heavy atom. The van der Waals surface area contributed by atoms with Crippen LogP contribution in [0.3, 0.4) is 0 Å². The fourth-order valence-corrected chi connectivity index (χ4v) is 12.7. The van der Waals surface area contributed by atoms with Crippen LogP contribution in [0.4, 0.5) is 43.4 Å². The summed E-state index contributed by atoms with van der Waals surface area (Å²) in [5.41, 5.74) is 8.98. The highest BCUT2D eigenvalue weighted by Crippen LogP contribution is 2.47. The summed E-state index contributed by atoms with van der Waals surface area (Å²) in [7, 11) is 7.52. The zero-order chi connectivity index (χ0) is 60.3. The average molecular weight is 1240 g/mol. The van der Waals surface area contributed by atoms with E-state index < -0.39 is 22.8 Å². The molecule has 0 spiro atoms. The van der Waals surface area contributed by atoms with Gasteiger partial charge in [-0.25, -0.2) is 38.1 Å². The van der Waals surface area contributed by atoms with Gasteiger partial charge in [0.2, 0.25) is 0 Å². The number of fused-ring (bicyclic) bond motifs is 2. The highest BCUT2D eigenvalue weighted by atomic mass is 32.1. The monoisotopic (exact) mass is 1240 g/mol. The molecule has 6 N–H and O–H groups in total. The predicted molar refractivity (Wildman–Crippen MR) is 343 cm³/mol. The predicted octanol–water partition coefficient (Wildman–Crippen LogP) is 9.98. The van der Waals surface area contributed by atoms with E-state index in [2.05, 4.69) is 97.9 Å². The topological polar surface area (TPSA) is 252 Å². The summed E-state index contributed by atoms with van der Waals surface area (Å²) < 4.78 is 41.3. The average Bonchev–Trinajstić information content (AvgIpc) is 2.77. The van der Waals surface area contributed by atoms with E-state index in [1.54, 1.807) is 38.7 Å². The minimum Gasteiger partial charge on any atom is -0.373 e. The maximum absolute atomic E-state index is 13.7. The van der Waals surface area contributed by atoms with Gasteiger partial charge in [-0.1, -0.05) is 12.1 Å². The van der Waals surface area contributed by atoms with E-state index in [1.165, 1.54) is 44.3 Å². The van der Waals surface area contributed by atoms with E-state index in [-0.39, 0.29) is 62.7 Å². The third-order valence-corrected chi connectivity index (χ3v) is 17.5. The van der Waals surface area contributed by atoms with Crippen LogP contribution in [-0.2, 0) is 31.9 Å². The van der Waals surface area contributed by atoms with Crippen molar-refractivity contribution in [1.82, 2.24) is 70.5 Å². The lowest BCUT2D eigenvalue weighted by Crippen LogP contribution is -2.51. The van der Waals surface area contributed by atoms with E-state index in [0.717, 1.165) is 134 Å². The summed E-state index contributed by atoms with van der Waals surface area (Å²) in [6.07, 6.45) is 17.8. The number of pyridine rings is 4. The van der Waals surface area contributed by atoms with Crippen LogP contribution in [0.25, 0.3) is 11.6 Å². The summed E-state index contributed by atoms with van der Waals surface area (Å²) in [5, 5.41) is 35.5. The molecule has 26 heteroatoms. The second-order valence-electron chi connectivity index (χ2n) is 23.4. The normalized spacial score (nSPS) is 20.4.